The fourth-order valence-corrected chi connectivity index (χ4v) is 1.29. The van der Waals surface area contributed by atoms with Crippen LogP contribution in [0.3, 0.4) is 0 Å². The number of amides is 1. The first-order valence-corrected chi connectivity index (χ1v) is 5.36. The molecule has 0 aromatic rings. The lowest BCUT2D eigenvalue weighted by molar-refractivity contribution is -0.138. The van der Waals surface area contributed by atoms with E-state index in [0.717, 1.165) is 12.0 Å². The van der Waals surface area contributed by atoms with Crippen molar-refractivity contribution in [2.24, 2.45) is 0 Å². The molecule has 1 aliphatic carbocycles. The van der Waals surface area contributed by atoms with Gasteiger partial charge in [0.25, 0.3) is 0 Å². The van der Waals surface area contributed by atoms with Gasteiger partial charge in [-0.25, -0.2) is 0 Å². The summed E-state index contributed by atoms with van der Waals surface area (Å²) in [5.74, 6) is -0.288. The van der Waals surface area contributed by atoms with E-state index in [1.165, 1.54) is 0 Å². The minimum absolute atomic E-state index is 0.0523. The van der Waals surface area contributed by atoms with E-state index in [1.54, 1.807) is 0 Å². The summed E-state index contributed by atoms with van der Waals surface area (Å²) >= 11 is 0. The number of allylic oxidation sites excluding steroid dienone is 5. The largest absolute Gasteiger partial charge is 0.352 e. The summed E-state index contributed by atoms with van der Waals surface area (Å²) in [7, 11) is 0. The van der Waals surface area contributed by atoms with Crippen molar-refractivity contribution in [2.75, 3.05) is 13.2 Å². The molecule has 0 aromatic heterocycles. The molecule has 0 radical (unpaired) electrons. The van der Waals surface area contributed by atoms with Gasteiger partial charge in [-0.1, -0.05) is 30.4 Å². The molecule has 1 rings (SSSR count). The van der Waals surface area contributed by atoms with Crippen molar-refractivity contribution >= 4 is 5.91 Å². The molecular formula is C12H15F2NO2. The molecule has 1 aliphatic rings. The summed E-state index contributed by atoms with van der Waals surface area (Å²) < 4.78 is 27.3. The molecule has 1 N–H and O–H groups in total. The minimum atomic E-state index is -2.82. The van der Waals surface area contributed by atoms with Crippen LogP contribution in [0.25, 0.3) is 0 Å². The number of halogens is 2. The summed E-state index contributed by atoms with van der Waals surface area (Å²) in [6, 6.07) is 0. The van der Waals surface area contributed by atoms with Crippen LogP contribution in [0.4, 0.5) is 8.78 Å². The number of carbonyl (C=O) groups excluding carboxylic acids is 1. The van der Waals surface area contributed by atoms with Gasteiger partial charge < -0.3 is 10.1 Å². The van der Waals surface area contributed by atoms with Crippen molar-refractivity contribution in [2.45, 2.75) is 19.5 Å². The number of carbonyl (C=O) groups is 1. The van der Waals surface area contributed by atoms with Gasteiger partial charge in [-0.2, -0.15) is 8.78 Å². The highest BCUT2D eigenvalue weighted by Crippen LogP contribution is 2.05. The molecule has 3 nitrogen and oxygen atoms in total. The molecule has 0 fully saturated rings. The molecular weight excluding hydrogens is 228 g/mol. The molecule has 0 unspecified atom stereocenters. The number of rotatable bonds is 6. The summed E-state index contributed by atoms with van der Waals surface area (Å²) in [6.07, 6.45) is 10.4. The molecule has 0 saturated heterocycles. The van der Waals surface area contributed by atoms with Crippen LogP contribution in [0.2, 0.25) is 0 Å². The first-order valence-electron chi connectivity index (χ1n) is 5.36. The molecule has 0 spiro atoms. The molecule has 0 atom stereocenters. The van der Waals surface area contributed by atoms with E-state index in [4.69, 9.17) is 0 Å². The smallest absolute Gasteiger partial charge is 0.345 e. The fourth-order valence-electron chi connectivity index (χ4n) is 1.29. The second kappa shape index (κ2) is 7.73. The topological polar surface area (TPSA) is 38.3 Å². The number of hydrogen-bond acceptors (Lipinski definition) is 2. The van der Waals surface area contributed by atoms with Gasteiger partial charge in [-0.3, -0.25) is 4.79 Å². The predicted molar refractivity (Wildman–Crippen MR) is 60.6 cm³/mol. The van der Waals surface area contributed by atoms with Gasteiger partial charge in [0.05, 0.1) is 13.0 Å². The third-order valence-corrected chi connectivity index (χ3v) is 2.16. The maximum Gasteiger partial charge on any atom is 0.345 e. The van der Waals surface area contributed by atoms with Crippen LogP contribution in [0.1, 0.15) is 12.8 Å². The molecule has 0 aromatic carbocycles. The van der Waals surface area contributed by atoms with Crippen molar-refractivity contribution < 1.29 is 18.3 Å². The Hall–Kier alpha value is -1.49. The Balaban J connectivity index is 2.17. The zero-order valence-corrected chi connectivity index (χ0v) is 9.36. The van der Waals surface area contributed by atoms with E-state index in [-0.39, 0.29) is 18.9 Å². The van der Waals surface area contributed by atoms with E-state index in [0.29, 0.717) is 6.54 Å². The van der Waals surface area contributed by atoms with Crippen LogP contribution in [0, 0.1) is 0 Å². The van der Waals surface area contributed by atoms with E-state index in [2.05, 4.69) is 10.1 Å². The van der Waals surface area contributed by atoms with Crippen LogP contribution < -0.4 is 5.32 Å². The highest BCUT2D eigenvalue weighted by molar-refractivity contribution is 5.76. The van der Waals surface area contributed by atoms with E-state index < -0.39 is 6.61 Å². The van der Waals surface area contributed by atoms with Crippen LogP contribution >= 0.6 is 0 Å². The van der Waals surface area contributed by atoms with Gasteiger partial charge in [0.2, 0.25) is 5.91 Å². The molecule has 0 aliphatic heterocycles. The molecule has 0 saturated carbocycles. The Morgan fingerprint density at radius 3 is 3.00 bits per heavy atom. The average molecular weight is 243 g/mol. The molecule has 1 amide bonds. The van der Waals surface area contributed by atoms with Gasteiger partial charge in [-0.05, 0) is 12.0 Å². The van der Waals surface area contributed by atoms with Crippen molar-refractivity contribution in [3.63, 3.8) is 0 Å². The molecule has 0 heterocycles. The normalized spacial score (nSPS) is 14.6. The number of ether oxygens (including phenoxy) is 1. The average Bonchev–Trinajstić information content (AvgIpc) is 2.54. The monoisotopic (exact) mass is 243 g/mol. The van der Waals surface area contributed by atoms with Gasteiger partial charge in [0, 0.05) is 6.54 Å². The number of hydrogen-bond donors (Lipinski definition) is 1. The Labute approximate surface area is 98.8 Å². The van der Waals surface area contributed by atoms with E-state index >= 15 is 0 Å². The molecule has 0 bridgehead atoms. The van der Waals surface area contributed by atoms with Crippen LogP contribution in [-0.4, -0.2) is 25.7 Å². The van der Waals surface area contributed by atoms with Gasteiger partial charge in [0.1, 0.15) is 0 Å². The highest BCUT2D eigenvalue weighted by Gasteiger charge is 2.06. The summed E-state index contributed by atoms with van der Waals surface area (Å²) in [4.78, 5) is 11.3. The number of alkyl halides is 2. The zero-order valence-electron chi connectivity index (χ0n) is 9.36. The van der Waals surface area contributed by atoms with Crippen molar-refractivity contribution in [1.82, 2.24) is 5.32 Å². The minimum Gasteiger partial charge on any atom is -0.352 e. The van der Waals surface area contributed by atoms with Gasteiger partial charge >= 0.3 is 6.61 Å². The third kappa shape index (κ3) is 6.63. The lowest BCUT2D eigenvalue weighted by atomic mass is 10.2. The summed E-state index contributed by atoms with van der Waals surface area (Å²) in [5, 5.41) is 2.65. The third-order valence-electron chi connectivity index (χ3n) is 2.16. The van der Waals surface area contributed by atoms with Crippen molar-refractivity contribution in [3.05, 3.63) is 36.0 Å². The van der Waals surface area contributed by atoms with E-state index in [9.17, 15) is 13.6 Å². The summed E-state index contributed by atoms with van der Waals surface area (Å²) in [5.41, 5.74) is 1.07. The SMILES string of the molecule is O=C(CCOC(F)F)NCC1=CC=CC=CC1. The van der Waals surface area contributed by atoms with Crippen LogP contribution in [-0.2, 0) is 9.53 Å². The Morgan fingerprint density at radius 2 is 2.24 bits per heavy atom. The van der Waals surface area contributed by atoms with Crippen LogP contribution in [0.5, 0.6) is 0 Å². The Morgan fingerprint density at radius 1 is 1.41 bits per heavy atom. The van der Waals surface area contributed by atoms with Gasteiger partial charge in [-0.15, -0.1) is 0 Å². The lowest BCUT2D eigenvalue weighted by Gasteiger charge is -2.07. The maximum absolute atomic E-state index is 11.6. The second-order valence-electron chi connectivity index (χ2n) is 3.50. The van der Waals surface area contributed by atoms with E-state index in [1.807, 2.05) is 30.4 Å². The molecule has 94 valence electrons. The van der Waals surface area contributed by atoms with Crippen LogP contribution in [0.15, 0.2) is 36.0 Å². The highest BCUT2D eigenvalue weighted by atomic mass is 19.3. The first kappa shape index (κ1) is 13.6. The van der Waals surface area contributed by atoms with Crippen molar-refractivity contribution in [1.29, 1.82) is 0 Å². The zero-order chi connectivity index (χ0) is 12.5. The first-order chi connectivity index (χ1) is 8.18. The fraction of sp³-hybridized carbons (Fsp3) is 0.417. The standard InChI is InChI=1S/C12H15F2NO2/c13-12(14)17-8-7-11(16)15-9-10-5-3-1-2-4-6-10/h1-5,12H,6-9H2,(H,15,16). The molecule has 17 heavy (non-hydrogen) atoms. The quantitative estimate of drug-likeness (QED) is 0.776. The summed E-state index contributed by atoms with van der Waals surface area (Å²) in [6.45, 7) is -2.65. The van der Waals surface area contributed by atoms with Gasteiger partial charge in [0.15, 0.2) is 0 Å². The number of nitrogens with one attached hydrogen (secondary N) is 1. The predicted octanol–water partition coefficient (Wildman–Crippen LogP) is 2.17. The maximum atomic E-state index is 11.6. The van der Waals surface area contributed by atoms with Crippen molar-refractivity contribution in [3.8, 4) is 0 Å². The lowest BCUT2D eigenvalue weighted by Crippen LogP contribution is -2.26. The Bertz CT molecular complexity index is 335. The molecule has 5 heteroatoms. The Kier molecular flexibility index (Phi) is 6.17. The second-order valence-corrected chi connectivity index (χ2v) is 3.50.